The fourth-order valence-corrected chi connectivity index (χ4v) is 5.63. The van der Waals surface area contributed by atoms with Crippen molar-refractivity contribution in [2.75, 3.05) is 33.4 Å². The van der Waals surface area contributed by atoms with E-state index in [9.17, 15) is 22.8 Å². The fourth-order valence-electron chi connectivity index (χ4n) is 4.47. The van der Waals surface area contributed by atoms with Gasteiger partial charge in [0.05, 0.1) is 25.4 Å². The summed E-state index contributed by atoms with van der Waals surface area (Å²) in [6.07, 6.45) is -0.795. The number of nitrogens with one attached hydrogen (secondary N) is 1. The van der Waals surface area contributed by atoms with E-state index in [1.54, 1.807) is 17.6 Å². The Morgan fingerprint density at radius 3 is 2.85 bits per heavy atom. The molecule has 2 aromatic rings. The van der Waals surface area contributed by atoms with Gasteiger partial charge in [0.15, 0.2) is 10.8 Å². The fraction of sp³-hybridized carbons (Fsp3) is 0.440. The number of thiazole rings is 1. The van der Waals surface area contributed by atoms with Gasteiger partial charge in [-0.25, -0.2) is 22.9 Å². The molecule has 2 N–H and O–H groups in total. The minimum atomic E-state index is -3.34. The van der Waals surface area contributed by atoms with Gasteiger partial charge in [-0.2, -0.15) is 0 Å². The van der Waals surface area contributed by atoms with Crippen molar-refractivity contribution in [2.45, 2.75) is 37.3 Å². The summed E-state index contributed by atoms with van der Waals surface area (Å²) >= 11 is 4.73. The summed E-state index contributed by atoms with van der Waals surface area (Å²) < 4.78 is 53.0. The quantitative estimate of drug-likeness (QED) is 0.377. The average molecular weight is 631 g/mol. The molecule has 0 bridgehead atoms. The molecule has 2 atom stereocenters. The Labute approximate surface area is 234 Å². The van der Waals surface area contributed by atoms with E-state index in [1.807, 2.05) is 4.90 Å². The molecule has 0 unspecified atom stereocenters. The predicted molar refractivity (Wildman–Crippen MR) is 140 cm³/mol. The normalized spacial score (nSPS) is 20.4. The van der Waals surface area contributed by atoms with Gasteiger partial charge in [-0.3, -0.25) is 14.7 Å². The maximum absolute atomic E-state index is 14.0. The van der Waals surface area contributed by atoms with E-state index in [0.717, 1.165) is 0 Å². The van der Waals surface area contributed by atoms with Crippen molar-refractivity contribution in [2.24, 2.45) is 4.99 Å². The number of aliphatic carboxylic acids is 1. The Kier molecular flexibility index (Phi) is 9.41. The number of amidine groups is 1. The number of ether oxygens (including phenoxy) is 2. The molecule has 2 aliphatic rings. The van der Waals surface area contributed by atoms with Crippen LogP contribution in [-0.2, 0) is 19.1 Å². The molecular weight excluding hydrogens is 605 g/mol. The van der Waals surface area contributed by atoms with Gasteiger partial charge in [-0.05, 0) is 24.1 Å². The first-order valence-electron chi connectivity index (χ1n) is 12.0. The number of morpholine rings is 1. The number of hydrogen-bond acceptors (Lipinski definition) is 9. The van der Waals surface area contributed by atoms with Crippen LogP contribution in [0.2, 0.25) is 0 Å². The smallest absolute Gasteiger partial charge is 0.338 e. The molecule has 4 rings (SSSR count). The molecule has 0 aliphatic carbocycles. The summed E-state index contributed by atoms with van der Waals surface area (Å²) in [7, 11) is 1.26. The van der Waals surface area contributed by atoms with Crippen molar-refractivity contribution < 1.29 is 37.3 Å². The van der Waals surface area contributed by atoms with E-state index in [-0.39, 0.29) is 31.7 Å². The van der Waals surface area contributed by atoms with Crippen molar-refractivity contribution in [3.8, 4) is 0 Å². The minimum Gasteiger partial charge on any atom is -0.481 e. The van der Waals surface area contributed by atoms with Gasteiger partial charge >= 0.3 is 11.9 Å². The average Bonchev–Trinajstić information content (AvgIpc) is 3.41. The molecule has 2 aliphatic heterocycles. The second-order valence-corrected chi connectivity index (χ2v) is 10.8. The molecule has 0 spiro atoms. The number of aromatic nitrogens is 1. The van der Waals surface area contributed by atoms with Gasteiger partial charge in [-0.1, -0.05) is 22.0 Å². The predicted octanol–water partition coefficient (Wildman–Crippen LogP) is 4.15. The minimum absolute atomic E-state index is 0.0237. The zero-order valence-electron chi connectivity index (χ0n) is 20.8. The van der Waals surface area contributed by atoms with Crippen LogP contribution in [0.5, 0.6) is 0 Å². The van der Waals surface area contributed by atoms with Crippen molar-refractivity contribution in [1.29, 1.82) is 0 Å². The summed E-state index contributed by atoms with van der Waals surface area (Å²) in [5.74, 6) is -5.55. The third-order valence-electron chi connectivity index (χ3n) is 6.27. The molecule has 0 radical (unpaired) electrons. The topological polar surface area (TPSA) is 113 Å². The Morgan fingerprint density at radius 1 is 1.38 bits per heavy atom. The Bertz CT molecular complexity index is 1270. The number of hydrogen-bond donors (Lipinski definition) is 2. The van der Waals surface area contributed by atoms with Crippen LogP contribution in [0.25, 0.3) is 0 Å². The first-order chi connectivity index (χ1) is 18.6. The lowest BCUT2D eigenvalue weighted by molar-refractivity contribution is -0.146. The van der Waals surface area contributed by atoms with Crippen LogP contribution in [0.15, 0.2) is 50.5 Å². The van der Waals surface area contributed by atoms with Crippen LogP contribution in [0.3, 0.4) is 0 Å². The van der Waals surface area contributed by atoms with Crippen LogP contribution in [0.4, 0.5) is 13.2 Å². The van der Waals surface area contributed by atoms with E-state index in [1.165, 1.54) is 30.6 Å². The molecule has 9 nitrogen and oxygen atoms in total. The molecule has 1 aromatic carbocycles. The maximum atomic E-state index is 14.0. The molecule has 1 fully saturated rings. The Balaban J connectivity index is 1.62. The third kappa shape index (κ3) is 7.44. The van der Waals surface area contributed by atoms with Crippen LogP contribution in [0.1, 0.15) is 35.9 Å². The molecule has 3 heterocycles. The monoisotopic (exact) mass is 630 g/mol. The highest BCUT2D eigenvalue weighted by Gasteiger charge is 2.36. The lowest BCUT2D eigenvalue weighted by Gasteiger charge is -2.36. The summed E-state index contributed by atoms with van der Waals surface area (Å²) in [5, 5.41) is 14.3. The number of halogens is 4. The van der Waals surface area contributed by atoms with Crippen LogP contribution in [0, 0.1) is 5.82 Å². The van der Waals surface area contributed by atoms with E-state index in [2.05, 4.69) is 26.2 Å². The molecule has 1 saturated heterocycles. The van der Waals surface area contributed by atoms with Crippen LogP contribution >= 0.6 is 27.3 Å². The zero-order valence-corrected chi connectivity index (χ0v) is 23.2. The standard InChI is InChI=1S/C25H26BrF3N4O5S/c1-37-24(36)20-18(13-33-7-8-38-15(12-33)4-5-25(28,29)11-19(34)35)31-22(23-30-6-9-39-23)32-21(20)16-3-2-14(27)10-17(16)26/h2-3,6,9-10,15,21H,4-5,7-8,11-13H2,1H3,(H,31,32)(H,34,35)/t15-,21+/m1/s1. The maximum Gasteiger partial charge on any atom is 0.338 e. The number of aliphatic imine (C=N–C) groups is 1. The highest BCUT2D eigenvalue weighted by molar-refractivity contribution is 9.10. The number of methoxy groups -OCH3 is 1. The number of nitrogens with zero attached hydrogens (tertiary/aromatic N) is 3. The highest BCUT2D eigenvalue weighted by Crippen LogP contribution is 2.37. The van der Waals surface area contributed by atoms with Crippen molar-refractivity contribution in [3.05, 3.63) is 61.9 Å². The highest BCUT2D eigenvalue weighted by atomic mass is 79.9. The Morgan fingerprint density at radius 2 is 2.18 bits per heavy atom. The van der Waals surface area contributed by atoms with Crippen molar-refractivity contribution in [3.63, 3.8) is 0 Å². The van der Waals surface area contributed by atoms with Gasteiger partial charge in [0.1, 0.15) is 18.3 Å². The van der Waals surface area contributed by atoms with Gasteiger partial charge < -0.3 is 19.9 Å². The SMILES string of the molecule is COC(=O)C1=C(CN2CCO[C@H](CCC(F)(F)CC(=O)O)C2)NC(c2nccs2)=N[C@H]1c1ccc(F)cc1Br. The molecule has 39 heavy (non-hydrogen) atoms. The van der Waals surface area contributed by atoms with Gasteiger partial charge in [0, 0.05) is 47.8 Å². The number of carbonyl (C=O) groups excluding carboxylic acids is 1. The molecule has 1 aromatic heterocycles. The first-order valence-corrected chi connectivity index (χ1v) is 13.7. The first kappa shape index (κ1) is 29.2. The number of carboxylic acid groups (broad SMARTS) is 1. The summed E-state index contributed by atoms with van der Waals surface area (Å²) in [4.78, 5) is 34.8. The van der Waals surface area contributed by atoms with E-state index in [0.29, 0.717) is 33.1 Å². The Hall–Kier alpha value is -2.81. The molecule has 14 heteroatoms. The largest absolute Gasteiger partial charge is 0.481 e. The number of alkyl halides is 2. The summed E-state index contributed by atoms with van der Waals surface area (Å²) in [6, 6.07) is 3.27. The summed E-state index contributed by atoms with van der Waals surface area (Å²) in [5.41, 5.74) is 1.26. The van der Waals surface area contributed by atoms with E-state index >= 15 is 0 Å². The zero-order chi connectivity index (χ0) is 28.2. The van der Waals surface area contributed by atoms with E-state index in [4.69, 9.17) is 19.6 Å². The van der Waals surface area contributed by atoms with Crippen LogP contribution < -0.4 is 5.32 Å². The van der Waals surface area contributed by atoms with Crippen LogP contribution in [-0.4, -0.2) is 78.1 Å². The van der Waals surface area contributed by atoms with Crippen molar-refractivity contribution >= 4 is 45.0 Å². The lowest BCUT2D eigenvalue weighted by Crippen LogP contribution is -2.46. The second-order valence-electron chi connectivity index (χ2n) is 9.09. The summed E-state index contributed by atoms with van der Waals surface area (Å²) in [6.45, 7) is 1.25. The number of carbonyl (C=O) groups is 2. The van der Waals surface area contributed by atoms with Gasteiger partial charge in [0.25, 0.3) is 5.92 Å². The molecule has 0 saturated carbocycles. The van der Waals surface area contributed by atoms with Crippen molar-refractivity contribution in [1.82, 2.24) is 15.2 Å². The number of benzene rings is 1. The number of rotatable bonds is 10. The van der Waals surface area contributed by atoms with E-state index < -0.39 is 48.7 Å². The second kappa shape index (κ2) is 12.6. The lowest BCUT2D eigenvalue weighted by atomic mass is 9.95. The molecular formula is C25H26BrF3N4O5S. The number of carboxylic acids is 1. The molecule has 0 amide bonds. The van der Waals surface area contributed by atoms with Gasteiger partial charge in [-0.15, -0.1) is 11.3 Å². The third-order valence-corrected chi connectivity index (χ3v) is 7.74. The number of esters is 1. The molecule has 210 valence electrons. The van der Waals surface area contributed by atoms with Gasteiger partial charge in [0.2, 0.25) is 0 Å².